The van der Waals surface area contributed by atoms with Gasteiger partial charge < -0.3 is 35.0 Å². The summed E-state index contributed by atoms with van der Waals surface area (Å²) < 4.78 is 5.55. The highest BCUT2D eigenvalue weighted by molar-refractivity contribution is 6.00. The van der Waals surface area contributed by atoms with Gasteiger partial charge in [-0.05, 0) is 81.4 Å². The fourth-order valence-electron chi connectivity index (χ4n) is 8.31. The Kier molecular flexibility index (Phi) is 13.2. The smallest absolute Gasteiger partial charge is 0.338 e. The Hall–Kier alpha value is -5.23. The van der Waals surface area contributed by atoms with Crippen LogP contribution in [0, 0.1) is 0 Å². The van der Waals surface area contributed by atoms with Crippen LogP contribution in [0.25, 0.3) is 0 Å². The summed E-state index contributed by atoms with van der Waals surface area (Å²) in [5, 5.41) is 5.91. The van der Waals surface area contributed by atoms with E-state index in [1.807, 2.05) is 35.2 Å². The zero-order valence-corrected chi connectivity index (χ0v) is 30.8. The van der Waals surface area contributed by atoms with Crippen LogP contribution in [0.5, 0.6) is 0 Å². The normalized spacial score (nSPS) is 18.7. The first kappa shape index (κ1) is 39.5. The number of esters is 1. The van der Waals surface area contributed by atoms with Crippen molar-refractivity contribution in [2.24, 2.45) is 0 Å². The van der Waals surface area contributed by atoms with Gasteiger partial charge in [0.05, 0.1) is 12.0 Å². The summed E-state index contributed by atoms with van der Waals surface area (Å²) >= 11 is 0. The van der Waals surface area contributed by atoms with E-state index in [0.29, 0.717) is 62.7 Å². The van der Waals surface area contributed by atoms with Crippen LogP contribution in [0.15, 0.2) is 78.9 Å². The number of anilines is 1. The van der Waals surface area contributed by atoms with Gasteiger partial charge in [-0.25, -0.2) is 9.59 Å². The van der Waals surface area contributed by atoms with E-state index in [-0.39, 0.29) is 49.9 Å². The van der Waals surface area contributed by atoms with Gasteiger partial charge in [-0.1, -0.05) is 68.4 Å². The predicted octanol–water partition coefficient (Wildman–Crippen LogP) is 5.68. The molecule has 7 rings (SSSR count). The van der Waals surface area contributed by atoms with Crippen LogP contribution in [0.1, 0.15) is 90.6 Å². The molecule has 3 saturated heterocycles. The third-order valence-corrected chi connectivity index (χ3v) is 11.4. The van der Waals surface area contributed by atoms with Crippen molar-refractivity contribution in [2.45, 2.75) is 90.1 Å². The largest absolute Gasteiger partial charge is 0.457 e. The van der Waals surface area contributed by atoms with E-state index in [1.54, 1.807) is 58.3 Å². The lowest BCUT2D eigenvalue weighted by atomic mass is 9.98. The maximum atomic E-state index is 14.2. The molecule has 4 aliphatic heterocycles. The molecule has 292 valence electrons. The number of rotatable bonds is 10. The zero-order valence-electron chi connectivity index (χ0n) is 30.8. The summed E-state index contributed by atoms with van der Waals surface area (Å²) in [6, 6.07) is 22.5. The molecule has 0 spiro atoms. The average Bonchev–Trinajstić information content (AvgIpc) is 3.22. The van der Waals surface area contributed by atoms with Crippen molar-refractivity contribution in [3.8, 4) is 0 Å². The molecular weight excluding hydrogens is 697 g/mol. The summed E-state index contributed by atoms with van der Waals surface area (Å²) in [5.74, 6) is -1.49. The lowest BCUT2D eigenvalue weighted by molar-refractivity contribution is -0.140. The molecule has 12 heteroatoms. The minimum Gasteiger partial charge on any atom is -0.457 e. The molecule has 55 heavy (non-hydrogen) atoms. The number of nitrogens with zero attached hydrogens (tertiary/aromatic N) is 4. The Labute approximate surface area is 324 Å². The maximum Gasteiger partial charge on any atom is 0.338 e. The Balaban J connectivity index is 0.00000514. The van der Waals surface area contributed by atoms with Crippen LogP contribution in [0.3, 0.4) is 0 Å². The quantitative estimate of drug-likeness (QED) is 0.255. The maximum absolute atomic E-state index is 14.2. The number of carbonyl (C=O) groups is 5. The third-order valence-electron chi connectivity index (χ3n) is 11.4. The van der Waals surface area contributed by atoms with E-state index in [0.717, 1.165) is 37.2 Å². The number of likely N-dealkylation sites (tertiary alicyclic amines) is 3. The SMILES string of the molecule is C.O=C(OCc1ccccc1C(=O)N[C@@H](CC(=O)N1CCC(N2Cc3ccccc3NC2=O)CC1)C(=O)N1CCC(N2CCCCC2)CC1)c1ccccc1. The van der Waals surface area contributed by atoms with Crippen LogP contribution in [-0.4, -0.2) is 107 Å². The monoisotopic (exact) mass is 750 g/mol. The molecule has 5 amide bonds. The summed E-state index contributed by atoms with van der Waals surface area (Å²) in [4.78, 5) is 75.6. The molecule has 0 aromatic heterocycles. The van der Waals surface area contributed by atoms with Gasteiger partial charge in [0.25, 0.3) is 5.91 Å². The highest BCUT2D eigenvalue weighted by Gasteiger charge is 2.36. The molecule has 3 aromatic rings. The van der Waals surface area contributed by atoms with Gasteiger partial charge >= 0.3 is 12.0 Å². The number of hydrogen-bond donors (Lipinski definition) is 2. The summed E-state index contributed by atoms with van der Waals surface area (Å²) in [6.07, 6.45) is 6.45. The van der Waals surface area contributed by atoms with Crippen molar-refractivity contribution in [3.63, 3.8) is 0 Å². The first-order valence-electron chi connectivity index (χ1n) is 19.4. The molecule has 0 unspecified atom stereocenters. The van der Waals surface area contributed by atoms with E-state index < -0.39 is 17.9 Å². The van der Waals surface area contributed by atoms with Crippen LogP contribution in [-0.2, 0) is 27.5 Å². The molecule has 1 atom stereocenters. The molecule has 4 aliphatic rings. The van der Waals surface area contributed by atoms with Crippen molar-refractivity contribution in [3.05, 3.63) is 101 Å². The molecule has 0 saturated carbocycles. The fraction of sp³-hybridized carbons (Fsp3) is 0.465. The van der Waals surface area contributed by atoms with Crippen molar-refractivity contribution >= 4 is 35.4 Å². The van der Waals surface area contributed by atoms with E-state index in [1.165, 1.54) is 19.3 Å². The van der Waals surface area contributed by atoms with E-state index in [4.69, 9.17) is 4.74 Å². The molecule has 0 radical (unpaired) electrons. The van der Waals surface area contributed by atoms with Gasteiger partial charge in [0.2, 0.25) is 11.8 Å². The van der Waals surface area contributed by atoms with E-state index in [9.17, 15) is 24.0 Å². The Bertz CT molecular complexity index is 1810. The number of piperidine rings is 3. The second-order valence-electron chi connectivity index (χ2n) is 14.8. The number of hydrogen-bond acceptors (Lipinski definition) is 7. The molecular formula is C43H54N6O6. The van der Waals surface area contributed by atoms with Gasteiger partial charge in [0.1, 0.15) is 12.6 Å². The number of carbonyl (C=O) groups excluding carboxylic acids is 5. The van der Waals surface area contributed by atoms with Gasteiger partial charge in [0.15, 0.2) is 0 Å². The Morgan fingerprint density at radius 2 is 1.38 bits per heavy atom. The molecule has 0 bridgehead atoms. The molecule has 0 aliphatic carbocycles. The van der Waals surface area contributed by atoms with Gasteiger partial charge in [-0.3, -0.25) is 14.4 Å². The van der Waals surface area contributed by atoms with Crippen LogP contribution in [0.2, 0.25) is 0 Å². The lowest BCUT2D eigenvalue weighted by Gasteiger charge is -2.41. The highest BCUT2D eigenvalue weighted by Crippen LogP contribution is 2.28. The lowest BCUT2D eigenvalue weighted by Crippen LogP contribution is -2.55. The molecule has 3 fully saturated rings. The zero-order chi connectivity index (χ0) is 37.4. The van der Waals surface area contributed by atoms with Crippen LogP contribution >= 0.6 is 0 Å². The first-order chi connectivity index (χ1) is 26.3. The summed E-state index contributed by atoms with van der Waals surface area (Å²) in [6.45, 7) is 4.61. The number of benzene rings is 3. The fourth-order valence-corrected chi connectivity index (χ4v) is 8.31. The number of nitrogens with one attached hydrogen (secondary N) is 2. The third kappa shape index (κ3) is 9.54. The molecule has 12 nitrogen and oxygen atoms in total. The number of ether oxygens (including phenoxy) is 1. The Morgan fingerprint density at radius 1 is 0.745 bits per heavy atom. The average molecular weight is 751 g/mol. The summed E-state index contributed by atoms with van der Waals surface area (Å²) in [7, 11) is 0. The summed E-state index contributed by atoms with van der Waals surface area (Å²) in [5.41, 5.74) is 3.06. The number of fused-ring (bicyclic) bond motifs is 1. The van der Waals surface area contributed by atoms with Gasteiger partial charge in [-0.15, -0.1) is 0 Å². The number of amides is 5. The number of para-hydroxylation sites is 1. The predicted molar refractivity (Wildman–Crippen MR) is 210 cm³/mol. The van der Waals surface area contributed by atoms with Gasteiger partial charge in [-0.2, -0.15) is 0 Å². The van der Waals surface area contributed by atoms with Gasteiger partial charge in [0, 0.05) is 61.6 Å². The van der Waals surface area contributed by atoms with E-state index in [2.05, 4.69) is 15.5 Å². The second-order valence-corrected chi connectivity index (χ2v) is 14.8. The Morgan fingerprint density at radius 3 is 2.13 bits per heavy atom. The number of urea groups is 1. The molecule has 4 heterocycles. The topological polar surface area (TPSA) is 132 Å². The molecule has 3 aromatic carbocycles. The van der Waals surface area contributed by atoms with Crippen molar-refractivity contribution in [1.82, 2.24) is 24.9 Å². The minimum absolute atomic E-state index is 0. The molecule has 2 N–H and O–H groups in total. The van der Waals surface area contributed by atoms with Crippen LogP contribution in [0.4, 0.5) is 10.5 Å². The van der Waals surface area contributed by atoms with E-state index >= 15 is 0 Å². The first-order valence-corrected chi connectivity index (χ1v) is 19.4. The van der Waals surface area contributed by atoms with Crippen molar-refractivity contribution in [2.75, 3.05) is 44.6 Å². The van der Waals surface area contributed by atoms with Crippen molar-refractivity contribution in [1.29, 1.82) is 0 Å². The standard InChI is InChI=1S/C42H50N6O6.CH4/c49-38(46-23-19-34(20-24-46)48-28-31-13-6-8-16-36(31)44-42(48)53)27-37(40(51)47-25-17-33(18-26-47)45-21-9-2-10-22-45)43-39(50)35-15-7-5-14-32(35)29-54-41(52)30-11-3-1-4-12-30;/h1,3-8,11-16,33-34,37H,2,9-10,17-29H2,(H,43,50)(H,44,53);1H4/t37-;/m0./s1. The van der Waals surface area contributed by atoms with Crippen LogP contribution < -0.4 is 10.6 Å². The second kappa shape index (κ2) is 18.4. The van der Waals surface area contributed by atoms with Crippen molar-refractivity contribution < 1.29 is 28.7 Å². The minimum atomic E-state index is -1.07. The highest BCUT2D eigenvalue weighted by atomic mass is 16.5.